The number of fused-ring (bicyclic) bond motifs is 3. The number of hydrogen-bond acceptors (Lipinski definition) is 5. The number of aromatic hydroxyl groups is 1. The Morgan fingerprint density at radius 2 is 2.00 bits per heavy atom. The van der Waals surface area contributed by atoms with Crippen LogP contribution in [0.25, 0.3) is 6.08 Å². The fraction of sp³-hybridized carbons (Fsp3) is 0.556. The van der Waals surface area contributed by atoms with Gasteiger partial charge in [-0.1, -0.05) is 43.7 Å². The number of hydrogen-bond donors (Lipinski definition) is 1. The Kier molecular flexibility index (Phi) is 7.35. The number of likely N-dealkylation sites (tertiary alicyclic amines) is 1. The molecule has 2 amide bonds. The predicted molar refractivity (Wildman–Crippen MR) is 126 cm³/mol. The number of carbonyl (C=O) groups is 2. The standard InChI is InChI=1S/C27H35NO5/c1-4-12-28-26(30)20-14-19(15-32-3)24-21(25(20)27(28)31)16-33-23(24)11-10-17(5-2)13-18-8-6-7-9-22(18)29/h6-9,13,20-21,23,25,29H,4-5,10-12,14-16H2,1-3H3/b17-13+/t20-,21+,23-,25-/m1/s1. The van der Waals surface area contributed by atoms with Crippen LogP contribution in [-0.2, 0) is 19.1 Å². The lowest BCUT2D eigenvalue weighted by atomic mass is 9.69. The van der Waals surface area contributed by atoms with Crippen molar-refractivity contribution < 1.29 is 24.2 Å². The minimum Gasteiger partial charge on any atom is -0.507 e. The molecule has 0 unspecified atom stereocenters. The maximum atomic E-state index is 13.2. The highest BCUT2D eigenvalue weighted by Crippen LogP contribution is 2.49. The fourth-order valence-corrected chi connectivity index (χ4v) is 5.79. The third-order valence-electron chi connectivity index (χ3n) is 7.34. The first-order valence-electron chi connectivity index (χ1n) is 12.1. The van der Waals surface area contributed by atoms with Gasteiger partial charge in [0.25, 0.3) is 0 Å². The molecule has 2 aliphatic heterocycles. The molecule has 1 aromatic carbocycles. The summed E-state index contributed by atoms with van der Waals surface area (Å²) in [7, 11) is 1.68. The third-order valence-corrected chi connectivity index (χ3v) is 7.34. The van der Waals surface area contributed by atoms with E-state index in [2.05, 4.69) is 13.0 Å². The van der Waals surface area contributed by atoms with Crippen LogP contribution in [0.3, 0.4) is 0 Å². The van der Waals surface area contributed by atoms with Crippen LogP contribution in [0.4, 0.5) is 0 Å². The Morgan fingerprint density at radius 1 is 1.21 bits per heavy atom. The first-order chi connectivity index (χ1) is 16.0. The quantitative estimate of drug-likeness (QED) is 0.445. The molecule has 178 valence electrons. The first-order valence-corrected chi connectivity index (χ1v) is 12.1. The zero-order valence-electron chi connectivity index (χ0n) is 19.9. The third kappa shape index (κ3) is 4.51. The summed E-state index contributed by atoms with van der Waals surface area (Å²) in [5.41, 5.74) is 4.39. The van der Waals surface area contributed by atoms with E-state index in [1.54, 1.807) is 13.2 Å². The highest BCUT2D eigenvalue weighted by Gasteiger charge is 2.56. The molecule has 2 fully saturated rings. The summed E-state index contributed by atoms with van der Waals surface area (Å²) in [6.45, 7) is 5.56. The molecule has 4 rings (SSSR count). The van der Waals surface area contributed by atoms with Crippen molar-refractivity contribution in [1.29, 1.82) is 0 Å². The van der Waals surface area contributed by atoms with E-state index in [-0.39, 0.29) is 41.4 Å². The van der Waals surface area contributed by atoms with Gasteiger partial charge in [-0.3, -0.25) is 14.5 Å². The molecule has 1 aliphatic carbocycles. The molecule has 2 saturated heterocycles. The maximum Gasteiger partial charge on any atom is 0.233 e. The lowest BCUT2D eigenvalue weighted by Crippen LogP contribution is -2.35. The van der Waals surface area contributed by atoms with E-state index in [1.807, 2.05) is 25.1 Å². The molecular formula is C27H35NO5. The van der Waals surface area contributed by atoms with Gasteiger partial charge in [-0.2, -0.15) is 0 Å². The summed E-state index contributed by atoms with van der Waals surface area (Å²) < 4.78 is 11.8. The Morgan fingerprint density at radius 3 is 2.70 bits per heavy atom. The predicted octanol–water partition coefficient (Wildman–Crippen LogP) is 4.34. The number of carbonyl (C=O) groups excluding carboxylic acids is 2. The molecule has 33 heavy (non-hydrogen) atoms. The monoisotopic (exact) mass is 453 g/mol. The Bertz CT molecular complexity index is 965. The smallest absolute Gasteiger partial charge is 0.233 e. The molecule has 0 spiro atoms. The van der Waals surface area contributed by atoms with Crippen LogP contribution in [0.1, 0.15) is 51.5 Å². The van der Waals surface area contributed by atoms with Crippen molar-refractivity contribution in [2.24, 2.45) is 17.8 Å². The fourth-order valence-electron chi connectivity index (χ4n) is 5.79. The summed E-state index contributed by atoms with van der Waals surface area (Å²) in [6, 6.07) is 7.36. The Labute approximate surface area is 196 Å². The van der Waals surface area contributed by atoms with Crippen LogP contribution < -0.4 is 0 Å². The number of phenols is 1. The molecule has 1 N–H and O–H groups in total. The van der Waals surface area contributed by atoms with Crippen LogP contribution >= 0.6 is 0 Å². The van der Waals surface area contributed by atoms with Crippen molar-refractivity contribution in [3.05, 3.63) is 46.5 Å². The maximum absolute atomic E-state index is 13.2. The van der Waals surface area contributed by atoms with Gasteiger partial charge in [0.15, 0.2) is 0 Å². The van der Waals surface area contributed by atoms with Gasteiger partial charge in [-0.05, 0) is 49.3 Å². The van der Waals surface area contributed by atoms with Gasteiger partial charge < -0.3 is 14.6 Å². The Balaban J connectivity index is 1.55. The highest BCUT2D eigenvalue weighted by molar-refractivity contribution is 6.05. The Hall–Kier alpha value is -2.44. The van der Waals surface area contributed by atoms with Crippen LogP contribution in [0, 0.1) is 17.8 Å². The molecule has 0 bridgehead atoms. The van der Waals surface area contributed by atoms with Crippen molar-refractivity contribution in [3.63, 3.8) is 0 Å². The second-order valence-corrected chi connectivity index (χ2v) is 9.34. The number of nitrogens with zero attached hydrogens (tertiary/aromatic N) is 1. The lowest BCUT2D eigenvalue weighted by molar-refractivity contribution is -0.140. The largest absolute Gasteiger partial charge is 0.507 e. The van der Waals surface area contributed by atoms with Crippen molar-refractivity contribution in [1.82, 2.24) is 4.90 Å². The lowest BCUT2D eigenvalue weighted by Gasteiger charge is -2.31. The number of ether oxygens (including phenoxy) is 2. The van der Waals surface area contributed by atoms with Crippen LogP contribution in [-0.4, -0.2) is 54.8 Å². The molecule has 4 atom stereocenters. The van der Waals surface area contributed by atoms with E-state index in [0.29, 0.717) is 26.2 Å². The van der Waals surface area contributed by atoms with Crippen molar-refractivity contribution >= 4 is 17.9 Å². The number of imide groups is 1. The summed E-state index contributed by atoms with van der Waals surface area (Å²) >= 11 is 0. The van der Waals surface area contributed by atoms with Crippen molar-refractivity contribution in [3.8, 4) is 5.75 Å². The number of allylic oxidation sites excluding steroid dienone is 1. The molecule has 6 heteroatoms. The van der Waals surface area contributed by atoms with Crippen LogP contribution in [0.5, 0.6) is 5.75 Å². The zero-order valence-corrected chi connectivity index (χ0v) is 19.9. The van der Waals surface area contributed by atoms with Crippen molar-refractivity contribution in [2.75, 3.05) is 26.9 Å². The minimum atomic E-state index is -0.299. The molecule has 1 aromatic rings. The number of para-hydroxylation sites is 1. The second kappa shape index (κ2) is 10.2. The second-order valence-electron chi connectivity index (χ2n) is 9.34. The van der Waals surface area contributed by atoms with E-state index in [0.717, 1.165) is 36.8 Å². The van der Waals surface area contributed by atoms with Gasteiger partial charge in [0.1, 0.15) is 5.75 Å². The number of benzene rings is 1. The summed E-state index contributed by atoms with van der Waals surface area (Å²) in [6.07, 6.45) is 5.89. The van der Waals surface area contributed by atoms with E-state index in [1.165, 1.54) is 16.0 Å². The van der Waals surface area contributed by atoms with Gasteiger partial charge in [-0.15, -0.1) is 0 Å². The summed E-state index contributed by atoms with van der Waals surface area (Å²) in [5, 5.41) is 10.1. The number of rotatable bonds is 9. The first kappa shape index (κ1) is 23.7. The average Bonchev–Trinajstić information content (AvgIpc) is 3.33. The SMILES string of the molecule is CCCN1C(=O)[C@@H]2[C@@H](CC(COC)=C3[C@@H](CC/C(=C/c4ccccc4O)CC)OC[C@@H]32)C1=O. The topological polar surface area (TPSA) is 76.1 Å². The zero-order chi connectivity index (χ0) is 23.5. The van der Waals surface area contributed by atoms with E-state index in [9.17, 15) is 14.7 Å². The highest BCUT2D eigenvalue weighted by atomic mass is 16.5. The van der Waals surface area contributed by atoms with E-state index in [4.69, 9.17) is 9.47 Å². The van der Waals surface area contributed by atoms with Gasteiger partial charge >= 0.3 is 0 Å². The van der Waals surface area contributed by atoms with Gasteiger partial charge in [0.2, 0.25) is 11.8 Å². The molecule has 6 nitrogen and oxygen atoms in total. The average molecular weight is 454 g/mol. The number of methoxy groups -OCH3 is 1. The summed E-state index contributed by atoms with van der Waals surface area (Å²) in [5.74, 6) is -0.385. The summed E-state index contributed by atoms with van der Waals surface area (Å²) in [4.78, 5) is 27.6. The van der Waals surface area contributed by atoms with Crippen LogP contribution in [0.15, 0.2) is 41.0 Å². The van der Waals surface area contributed by atoms with Gasteiger partial charge in [-0.25, -0.2) is 0 Å². The minimum absolute atomic E-state index is 0.0243. The molecule has 0 saturated carbocycles. The van der Waals surface area contributed by atoms with E-state index < -0.39 is 0 Å². The van der Waals surface area contributed by atoms with Crippen molar-refractivity contribution in [2.45, 2.75) is 52.1 Å². The van der Waals surface area contributed by atoms with Crippen LogP contribution in [0.2, 0.25) is 0 Å². The van der Waals surface area contributed by atoms with Gasteiger partial charge in [0, 0.05) is 25.1 Å². The number of amides is 2. The molecule has 0 radical (unpaired) electrons. The normalized spacial score (nSPS) is 27.4. The molecule has 0 aromatic heterocycles. The van der Waals surface area contributed by atoms with E-state index >= 15 is 0 Å². The molecular weight excluding hydrogens is 418 g/mol. The molecule has 2 heterocycles. The van der Waals surface area contributed by atoms with Gasteiger partial charge in [0.05, 0.1) is 31.2 Å². The number of phenolic OH excluding ortho intramolecular Hbond substituents is 1. The molecule has 3 aliphatic rings.